The molecule has 1 saturated heterocycles. The van der Waals surface area contributed by atoms with E-state index in [-0.39, 0.29) is 24.5 Å². The van der Waals surface area contributed by atoms with Gasteiger partial charge in [-0.2, -0.15) is 0 Å². The topological polar surface area (TPSA) is 64.1 Å². The molecule has 2 amide bonds. The third-order valence-corrected chi connectivity index (χ3v) is 5.22. The number of rotatable bonds is 7. The van der Waals surface area contributed by atoms with Crippen LogP contribution in [0.25, 0.3) is 0 Å². The maximum atomic E-state index is 12.4. The number of aliphatic hydroxyl groups excluding tert-OH is 1. The summed E-state index contributed by atoms with van der Waals surface area (Å²) in [5.41, 5.74) is 0.992. The fourth-order valence-electron chi connectivity index (χ4n) is 3.68. The largest absolute Gasteiger partial charge is 0.395 e. The summed E-state index contributed by atoms with van der Waals surface area (Å²) in [5, 5.41) is 9.73. The van der Waals surface area contributed by atoms with Crippen molar-refractivity contribution >= 4 is 11.8 Å². The molecular formula is C19H27N3O3. The second kappa shape index (κ2) is 8.08. The minimum Gasteiger partial charge on any atom is -0.395 e. The number of nitrogens with zero attached hydrogens (tertiary/aromatic N) is 3. The molecule has 1 fully saturated rings. The zero-order chi connectivity index (χ0) is 17.8. The standard InChI is InChI=1S/C19H27N3O3/c1-2-3-8-20-9-10-21(15(13-20)14-23)11-12-22-18(24)16-6-4-5-7-17(16)19(22)25/h4-7,15,23H,2-3,8-14H2,1H3/t15-/m0/s1. The van der Waals surface area contributed by atoms with Crippen LogP contribution in [0.15, 0.2) is 24.3 Å². The Morgan fingerprint density at radius 2 is 1.72 bits per heavy atom. The summed E-state index contributed by atoms with van der Waals surface area (Å²) in [6.45, 7) is 7.01. The number of piperazine rings is 1. The number of amides is 2. The first-order valence-corrected chi connectivity index (χ1v) is 9.18. The third-order valence-electron chi connectivity index (χ3n) is 5.22. The van der Waals surface area contributed by atoms with Gasteiger partial charge in [0, 0.05) is 38.8 Å². The molecule has 2 aliphatic rings. The van der Waals surface area contributed by atoms with E-state index in [9.17, 15) is 14.7 Å². The van der Waals surface area contributed by atoms with Crippen LogP contribution in [-0.4, -0.2) is 83.5 Å². The van der Waals surface area contributed by atoms with Crippen molar-refractivity contribution in [3.05, 3.63) is 35.4 Å². The summed E-state index contributed by atoms with van der Waals surface area (Å²) in [6.07, 6.45) is 2.34. The molecule has 0 aliphatic carbocycles. The summed E-state index contributed by atoms with van der Waals surface area (Å²) >= 11 is 0. The average molecular weight is 345 g/mol. The molecule has 1 atom stereocenters. The molecule has 0 unspecified atom stereocenters. The van der Waals surface area contributed by atoms with E-state index in [1.165, 1.54) is 17.7 Å². The van der Waals surface area contributed by atoms with Gasteiger partial charge in [-0.25, -0.2) is 0 Å². The number of unbranched alkanes of at least 4 members (excludes halogenated alkanes) is 1. The number of benzene rings is 1. The molecule has 0 spiro atoms. The number of carbonyl (C=O) groups is 2. The summed E-state index contributed by atoms with van der Waals surface area (Å²) in [4.78, 5) is 30.8. The second-order valence-corrected chi connectivity index (χ2v) is 6.83. The summed E-state index contributed by atoms with van der Waals surface area (Å²) in [7, 11) is 0. The van der Waals surface area contributed by atoms with Gasteiger partial charge in [0.2, 0.25) is 0 Å². The molecular weight excluding hydrogens is 318 g/mol. The number of fused-ring (bicyclic) bond motifs is 1. The van der Waals surface area contributed by atoms with Crippen molar-refractivity contribution in [2.75, 3.05) is 45.9 Å². The lowest BCUT2D eigenvalue weighted by Crippen LogP contribution is -2.56. The number of hydrogen-bond donors (Lipinski definition) is 1. The number of carbonyl (C=O) groups excluding carboxylic acids is 2. The van der Waals surface area contributed by atoms with Crippen molar-refractivity contribution in [1.29, 1.82) is 0 Å². The molecule has 1 aromatic rings. The van der Waals surface area contributed by atoms with E-state index in [0.29, 0.717) is 24.2 Å². The highest BCUT2D eigenvalue weighted by Crippen LogP contribution is 2.22. The van der Waals surface area contributed by atoms with Crippen LogP contribution in [-0.2, 0) is 0 Å². The van der Waals surface area contributed by atoms with Gasteiger partial charge in [-0.15, -0.1) is 0 Å². The normalized spacial score (nSPS) is 21.8. The Morgan fingerprint density at radius 1 is 1.04 bits per heavy atom. The van der Waals surface area contributed by atoms with Crippen LogP contribution in [0.5, 0.6) is 0 Å². The van der Waals surface area contributed by atoms with Gasteiger partial charge in [-0.1, -0.05) is 25.5 Å². The fraction of sp³-hybridized carbons (Fsp3) is 0.579. The first kappa shape index (κ1) is 18.0. The van der Waals surface area contributed by atoms with Crippen LogP contribution in [0.1, 0.15) is 40.5 Å². The number of hydrogen-bond acceptors (Lipinski definition) is 5. The monoisotopic (exact) mass is 345 g/mol. The summed E-state index contributed by atoms with van der Waals surface area (Å²) in [6, 6.07) is 7.05. The van der Waals surface area contributed by atoms with Crippen molar-refractivity contribution < 1.29 is 14.7 Å². The van der Waals surface area contributed by atoms with Crippen molar-refractivity contribution in [1.82, 2.24) is 14.7 Å². The molecule has 0 bridgehead atoms. The Morgan fingerprint density at radius 3 is 2.32 bits per heavy atom. The van der Waals surface area contributed by atoms with E-state index in [2.05, 4.69) is 16.7 Å². The number of imide groups is 1. The van der Waals surface area contributed by atoms with E-state index in [0.717, 1.165) is 26.2 Å². The highest BCUT2D eigenvalue weighted by Gasteiger charge is 2.35. The van der Waals surface area contributed by atoms with Crippen molar-refractivity contribution in [3.63, 3.8) is 0 Å². The van der Waals surface area contributed by atoms with Crippen LogP contribution in [0, 0.1) is 0 Å². The first-order chi connectivity index (χ1) is 12.2. The van der Waals surface area contributed by atoms with Crippen molar-refractivity contribution in [2.24, 2.45) is 0 Å². The SMILES string of the molecule is CCCCN1CCN(CCN2C(=O)c3ccccc3C2=O)[C@H](CO)C1. The Labute approximate surface area is 149 Å². The van der Waals surface area contributed by atoms with Crippen LogP contribution in [0.4, 0.5) is 0 Å². The van der Waals surface area contributed by atoms with Gasteiger partial charge < -0.3 is 10.0 Å². The van der Waals surface area contributed by atoms with Gasteiger partial charge in [0.25, 0.3) is 11.8 Å². The lowest BCUT2D eigenvalue weighted by Gasteiger charge is -2.41. The highest BCUT2D eigenvalue weighted by molar-refractivity contribution is 6.21. The lowest BCUT2D eigenvalue weighted by molar-refractivity contribution is 0.0321. The molecule has 0 radical (unpaired) electrons. The zero-order valence-electron chi connectivity index (χ0n) is 14.9. The molecule has 6 nitrogen and oxygen atoms in total. The highest BCUT2D eigenvalue weighted by atomic mass is 16.3. The molecule has 6 heteroatoms. The van der Waals surface area contributed by atoms with Crippen LogP contribution >= 0.6 is 0 Å². The van der Waals surface area contributed by atoms with Crippen LogP contribution < -0.4 is 0 Å². The van der Waals surface area contributed by atoms with Crippen molar-refractivity contribution in [3.8, 4) is 0 Å². The zero-order valence-corrected chi connectivity index (χ0v) is 14.9. The summed E-state index contributed by atoms with van der Waals surface area (Å²) in [5.74, 6) is -0.412. The molecule has 2 aliphatic heterocycles. The molecule has 1 aromatic carbocycles. The van der Waals surface area contributed by atoms with E-state index >= 15 is 0 Å². The van der Waals surface area contributed by atoms with E-state index in [1.807, 2.05) is 0 Å². The minimum absolute atomic E-state index is 0.0702. The van der Waals surface area contributed by atoms with Crippen LogP contribution in [0.2, 0.25) is 0 Å². The van der Waals surface area contributed by atoms with Gasteiger partial charge in [-0.05, 0) is 25.1 Å². The molecule has 136 valence electrons. The third kappa shape index (κ3) is 3.76. The van der Waals surface area contributed by atoms with Crippen LogP contribution in [0.3, 0.4) is 0 Å². The second-order valence-electron chi connectivity index (χ2n) is 6.83. The average Bonchev–Trinajstić information content (AvgIpc) is 2.89. The number of aliphatic hydroxyl groups is 1. The molecule has 2 heterocycles. The Bertz CT molecular complexity index is 599. The van der Waals surface area contributed by atoms with E-state index < -0.39 is 0 Å². The Balaban J connectivity index is 1.57. The molecule has 0 aromatic heterocycles. The first-order valence-electron chi connectivity index (χ1n) is 9.18. The van der Waals surface area contributed by atoms with E-state index in [4.69, 9.17) is 0 Å². The molecule has 1 N–H and O–H groups in total. The predicted octanol–water partition coefficient (Wildman–Crippen LogP) is 1.06. The lowest BCUT2D eigenvalue weighted by atomic mass is 10.1. The van der Waals surface area contributed by atoms with E-state index in [1.54, 1.807) is 24.3 Å². The maximum Gasteiger partial charge on any atom is 0.261 e. The quantitative estimate of drug-likeness (QED) is 0.749. The fourth-order valence-corrected chi connectivity index (χ4v) is 3.68. The van der Waals surface area contributed by atoms with Gasteiger partial charge in [-0.3, -0.25) is 19.4 Å². The Hall–Kier alpha value is -1.76. The molecule has 0 saturated carbocycles. The van der Waals surface area contributed by atoms with Gasteiger partial charge in [0.15, 0.2) is 0 Å². The summed E-state index contributed by atoms with van der Waals surface area (Å²) < 4.78 is 0. The van der Waals surface area contributed by atoms with Gasteiger partial charge >= 0.3 is 0 Å². The smallest absolute Gasteiger partial charge is 0.261 e. The minimum atomic E-state index is -0.206. The van der Waals surface area contributed by atoms with Gasteiger partial charge in [0.05, 0.1) is 17.7 Å². The van der Waals surface area contributed by atoms with Gasteiger partial charge in [0.1, 0.15) is 0 Å². The van der Waals surface area contributed by atoms with Crippen molar-refractivity contribution in [2.45, 2.75) is 25.8 Å². The molecule has 3 rings (SSSR count). The maximum absolute atomic E-state index is 12.4. The predicted molar refractivity (Wildman–Crippen MR) is 95.6 cm³/mol. The Kier molecular flexibility index (Phi) is 5.83. The molecule has 25 heavy (non-hydrogen) atoms.